The molecule has 1 aliphatic heterocycles. The average molecular weight is 281 g/mol. The number of benzene rings is 2. The van der Waals surface area contributed by atoms with Gasteiger partial charge in [0.1, 0.15) is 0 Å². The Balaban J connectivity index is 1.60. The maximum Gasteiger partial charge on any atom is 0.228 e. The Morgan fingerprint density at radius 1 is 1.24 bits per heavy atom. The van der Waals surface area contributed by atoms with E-state index in [2.05, 4.69) is 30.4 Å². The van der Waals surface area contributed by atoms with Gasteiger partial charge in [0.05, 0.1) is 6.61 Å². The van der Waals surface area contributed by atoms with Crippen LogP contribution >= 0.6 is 0 Å². The summed E-state index contributed by atoms with van der Waals surface area (Å²) in [5, 5.41) is 5.38. The third kappa shape index (κ3) is 1.95. The highest BCUT2D eigenvalue weighted by molar-refractivity contribution is 6.04. The molecule has 1 N–H and O–H groups in total. The maximum atomic E-state index is 12.6. The second-order valence-corrected chi connectivity index (χ2v) is 6.43. The smallest absolute Gasteiger partial charge is 0.228 e. The van der Waals surface area contributed by atoms with Crippen molar-refractivity contribution in [2.45, 2.75) is 13.3 Å². The molecule has 1 aliphatic carbocycles. The molecule has 3 heteroatoms. The average Bonchev–Trinajstić information content (AvgIpc) is 3.13. The first kappa shape index (κ1) is 12.8. The number of anilines is 1. The summed E-state index contributed by atoms with van der Waals surface area (Å²) in [5.41, 5.74) is 1.05. The molecule has 2 fully saturated rings. The lowest BCUT2D eigenvalue weighted by Crippen LogP contribution is -2.18. The zero-order valence-electron chi connectivity index (χ0n) is 12.1. The van der Waals surface area contributed by atoms with Gasteiger partial charge in [0.25, 0.3) is 0 Å². The largest absolute Gasteiger partial charge is 0.381 e. The number of carbonyl (C=O) groups excluding carboxylic acids is 1. The van der Waals surface area contributed by atoms with Gasteiger partial charge in [0, 0.05) is 29.5 Å². The number of rotatable bonds is 2. The van der Waals surface area contributed by atoms with Crippen molar-refractivity contribution in [1.82, 2.24) is 0 Å². The molecule has 2 aliphatic rings. The molecule has 0 spiro atoms. The fraction of sp³-hybridized carbons (Fsp3) is 0.389. The number of ether oxygens (including phenoxy) is 1. The van der Waals surface area contributed by atoms with Crippen molar-refractivity contribution in [3.8, 4) is 0 Å². The van der Waals surface area contributed by atoms with E-state index in [1.807, 2.05) is 24.3 Å². The fourth-order valence-corrected chi connectivity index (χ4v) is 3.82. The Hall–Kier alpha value is -1.87. The van der Waals surface area contributed by atoms with Crippen LogP contribution in [0.2, 0.25) is 0 Å². The predicted octanol–water partition coefficient (Wildman–Crippen LogP) is 3.45. The molecule has 1 amide bonds. The van der Waals surface area contributed by atoms with E-state index in [9.17, 15) is 4.79 Å². The SMILES string of the molecule is C[C@]12CCOC[C@@H]1[C@H]2C(=O)Nc1cccc2ccccc12. The summed E-state index contributed by atoms with van der Waals surface area (Å²) in [5.74, 6) is 0.629. The van der Waals surface area contributed by atoms with Gasteiger partial charge in [-0.3, -0.25) is 4.79 Å². The van der Waals surface area contributed by atoms with Gasteiger partial charge in [0.15, 0.2) is 0 Å². The molecular formula is C18H19NO2. The van der Waals surface area contributed by atoms with Crippen LogP contribution in [0.15, 0.2) is 42.5 Å². The zero-order valence-corrected chi connectivity index (χ0v) is 12.1. The zero-order chi connectivity index (χ0) is 14.4. The molecule has 1 saturated carbocycles. The first-order chi connectivity index (χ1) is 10.2. The molecule has 0 bridgehead atoms. The van der Waals surface area contributed by atoms with Crippen LogP contribution in [0.1, 0.15) is 13.3 Å². The van der Waals surface area contributed by atoms with Crippen molar-refractivity contribution in [3.05, 3.63) is 42.5 Å². The summed E-state index contributed by atoms with van der Waals surface area (Å²) in [6.45, 7) is 3.72. The summed E-state index contributed by atoms with van der Waals surface area (Å²) in [6.07, 6.45) is 0.991. The summed E-state index contributed by atoms with van der Waals surface area (Å²) >= 11 is 0. The van der Waals surface area contributed by atoms with E-state index in [1.54, 1.807) is 0 Å². The van der Waals surface area contributed by atoms with E-state index in [-0.39, 0.29) is 17.2 Å². The topological polar surface area (TPSA) is 38.3 Å². The molecule has 2 aromatic rings. The van der Waals surface area contributed by atoms with Crippen LogP contribution in [0.3, 0.4) is 0 Å². The number of nitrogens with one attached hydrogen (secondary N) is 1. The summed E-state index contributed by atoms with van der Waals surface area (Å²) in [6, 6.07) is 14.2. The molecule has 1 heterocycles. The van der Waals surface area contributed by atoms with Crippen LogP contribution in [0.4, 0.5) is 5.69 Å². The first-order valence-corrected chi connectivity index (χ1v) is 7.56. The number of hydrogen-bond donors (Lipinski definition) is 1. The lowest BCUT2D eigenvalue weighted by Gasteiger charge is -2.16. The maximum absolute atomic E-state index is 12.6. The lowest BCUT2D eigenvalue weighted by molar-refractivity contribution is -0.118. The van der Waals surface area contributed by atoms with E-state index in [0.717, 1.165) is 36.1 Å². The Morgan fingerprint density at radius 3 is 2.86 bits per heavy atom. The van der Waals surface area contributed by atoms with Gasteiger partial charge < -0.3 is 10.1 Å². The predicted molar refractivity (Wildman–Crippen MR) is 83.1 cm³/mol. The standard InChI is InChI=1S/C18H19NO2/c1-18-9-10-21-11-14(18)16(18)17(20)19-15-8-4-6-12-5-2-3-7-13(12)15/h2-8,14,16H,9-11H2,1H3,(H,19,20)/t14-,16+,18+/m1/s1. The van der Waals surface area contributed by atoms with E-state index in [0.29, 0.717) is 5.92 Å². The highest BCUT2D eigenvalue weighted by Crippen LogP contribution is 2.62. The van der Waals surface area contributed by atoms with Crippen LogP contribution in [0.25, 0.3) is 10.8 Å². The van der Waals surface area contributed by atoms with Gasteiger partial charge in [-0.2, -0.15) is 0 Å². The molecule has 108 valence electrons. The van der Waals surface area contributed by atoms with Gasteiger partial charge >= 0.3 is 0 Å². The highest BCUT2D eigenvalue weighted by atomic mass is 16.5. The Labute approximate surface area is 124 Å². The fourth-order valence-electron chi connectivity index (χ4n) is 3.82. The molecule has 0 radical (unpaired) electrons. The minimum absolute atomic E-state index is 0.0963. The van der Waals surface area contributed by atoms with E-state index in [4.69, 9.17) is 4.74 Å². The third-order valence-electron chi connectivity index (χ3n) is 5.26. The number of hydrogen-bond acceptors (Lipinski definition) is 2. The summed E-state index contributed by atoms with van der Waals surface area (Å²) in [7, 11) is 0. The summed E-state index contributed by atoms with van der Waals surface area (Å²) in [4.78, 5) is 12.6. The minimum Gasteiger partial charge on any atom is -0.381 e. The van der Waals surface area contributed by atoms with Crippen molar-refractivity contribution in [2.24, 2.45) is 17.3 Å². The molecule has 3 nitrogen and oxygen atoms in total. The van der Waals surface area contributed by atoms with Crippen LogP contribution in [-0.2, 0) is 9.53 Å². The minimum atomic E-state index is 0.0963. The number of amides is 1. The molecule has 0 aromatic heterocycles. The van der Waals surface area contributed by atoms with Gasteiger partial charge in [-0.25, -0.2) is 0 Å². The Kier molecular flexibility index (Phi) is 2.79. The first-order valence-electron chi connectivity index (χ1n) is 7.56. The van der Waals surface area contributed by atoms with E-state index < -0.39 is 0 Å². The van der Waals surface area contributed by atoms with Crippen molar-refractivity contribution < 1.29 is 9.53 Å². The highest BCUT2D eigenvalue weighted by Gasteiger charge is 2.65. The van der Waals surface area contributed by atoms with Gasteiger partial charge in [0.2, 0.25) is 5.91 Å². The number of carbonyl (C=O) groups is 1. The van der Waals surface area contributed by atoms with Crippen molar-refractivity contribution in [3.63, 3.8) is 0 Å². The quantitative estimate of drug-likeness (QED) is 0.915. The van der Waals surface area contributed by atoms with Crippen LogP contribution in [0, 0.1) is 17.3 Å². The molecular weight excluding hydrogens is 262 g/mol. The number of fused-ring (bicyclic) bond motifs is 2. The van der Waals surface area contributed by atoms with Crippen molar-refractivity contribution in [2.75, 3.05) is 18.5 Å². The Bertz CT molecular complexity index is 706. The lowest BCUT2D eigenvalue weighted by atomic mass is 9.99. The monoisotopic (exact) mass is 281 g/mol. The second kappa shape index (κ2) is 4.57. The molecule has 1 saturated heterocycles. The second-order valence-electron chi connectivity index (χ2n) is 6.43. The van der Waals surface area contributed by atoms with Crippen LogP contribution < -0.4 is 5.32 Å². The van der Waals surface area contributed by atoms with E-state index in [1.165, 1.54) is 0 Å². The molecule has 21 heavy (non-hydrogen) atoms. The van der Waals surface area contributed by atoms with E-state index >= 15 is 0 Å². The molecule has 2 aromatic carbocycles. The van der Waals surface area contributed by atoms with Crippen LogP contribution in [0.5, 0.6) is 0 Å². The summed E-state index contributed by atoms with van der Waals surface area (Å²) < 4.78 is 5.51. The van der Waals surface area contributed by atoms with Gasteiger partial charge in [-0.15, -0.1) is 0 Å². The molecule has 4 rings (SSSR count). The normalized spacial score (nSPS) is 30.7. The van der Waals surface area contributed by atoms with Crippen molar-refractivity contribution in [1.29, 1.82) is 0 Å². The van der Waals surface area contributed by atoms with Gasteiger partial charge in [-0.05, 0) is 23.3 Å². The third-order valence-corrected chi connectivity index (χ3v) is 5.26. The molecule has 3 atom stereocenters. The van der Waals surface area contributed by atoms with Crippen molar-refractivity contribution >= 4 is 22.4 Å². The van der Waals surface area contributed by atoms with Gasteiger partial charge in [-0.1, -0.05) is 43.3 Å². The van der Waals surface area contributed by atoms with Crippen LogP contribution in [-0.4, -0.2) is 19.1 Å². The molecule has 0 unspecified atom stereocenters. The Morgan fingerprint density at radius 2 is 2.05 bits per heavy atom.